The van der Waals surface area contributed by atoms with E-state index in [1.54, 1.807) is 25.9 Å². The minimum Gasteiger partial charge on any atom is -0.340 e. The molecule has 3 heterocycles. The second kappa shape index (κ2) is 5.88. The standard InChI is InChI=1S/C13H22N6O4S/c1-4-24(22,23)19-7-5-18(6-8-19)12-14-10-9(16(12)2)11(20)15-13(21)17(10)3/h9-10H,4-8H2,1-3H3,(H,15,20,21). The third-order valence-corrected chi connectivity index (χ3v) is 6.64. The molecule has 134 valence electrons. The minimum absolute atomic E-state index is 0.0884. The molecule has 0 aromatic carbocycles. The Bertz CT molecular complexity index is 685. The Kier molecular flexibility index (Phi) is 4.16. The molecule has 1 N–H and O–H groups in total. The molecule has 2 unspecified atom stereocenters. The molecule has 3 rings (SSSR count). The average Bonchev–Trinajstić information content (AvgIpc) is 2.91. The lowest BCUT2D eigenvalue weighted by Crippen LogP contribution is -2.63. The number of piperazine rings is 1. The van der Waals surface area contributed by atoms with E-state index in [9.17, 15) is 18.0 Å². The van der Waals surface area contributed by atoms with Crippen molar-refractivity contribution in [1.29, 1.82) is 0 Å². The second-order valence-electron chi connectivity index (χ2n) is 6.09. The number of carbonyl (C=O) groups is 2. The van der Waals surface area contributed by atoms with Gasteiger partial charge in [0, 0.05) is 40.3 Å². The summed E-state index contributed by atoms with van der Waals surface area (Å²) in [7, 11) is 0.177. The molecule has 11 heteroatoms. The van der Waals surface area contributed by atoms with Crippen LogP contribution in [0.4, 0.5) is 4.79 Å². The van der Waals surface area contributed by atoms with Crippen molar-refractivity contribution in [2.45, 2.75) is 19.1 Å². The van der Waals surface area contributed by atoms with Crippen molar-refractivity contribution < 1.29 is 18.0 Å². The predicted octanol–water partition coefficient (Wildman–Crippen LogP) is -1.87. The van der Waals surface area contributed by atoms with Gasteiger partial charge in [0.15, 0.2) is 18.2 Å². The molecular formula is C13H22N6O4S. The first-order valence-electron chi connectivity index (χ1n) is 7.87. The summed E-state index contributed by atoms with van der Waals surface area (Å²) in [5.41, 5.74) is 0. The number of urea groups is 1. The molecule has 3 aliphatic heterocycles. The minimum atomic E-state index is -3.19. The molecule has 0 bridgehead atoms. The number of nitrogens with zero attached hydrogens (tertiary/aromatic N) is 5. The van der Waals surface area contributed by atoms with Crippen LogP contribution in [0.25, 0.3) is 0 Å². The topological polar surface area (TPSA) is 106 Å². The highest BCUT2D eigenvalue weighted by molar-refractivity contribution is 7.89. The molecule has 0 aromatic heterocycles. The van der Waals surface area contributed by atoms with Gasteiger partial charge in [0.25, 0.3) is 5.91 Å². The number of imide groups is 1. The van der Waals surface area contributed by atoms with Gasteiger partial charge in [0.2, 0.25) is 10.0 Å². The molecule has 3 aliphatic rings. The van der Waals surface area contributed by atoms with Gasteiger partial charge in [0.1, 0.15) is 0 Å². The lowest BCUT2D eigenvalue weighted by molar-refractivity contribution is -0.126. The summed E-state index contributed by atoms with van der Waals surface area (Å²) in [5.74, 6) is 0.345. The maximum absolute atomic E-state index is 12.1. The van der Waals surface area contributed by atoms with Gasteiger partial charge in [-0.15, -0.1) is 0 Å². The zero-order valence-electron chi connectivity index (χ0n) is 14.0. The number of likely N-dealkylation sites (N-methyl/N-ethyl adjacent to an activating group) is 2. The van der Waals surface area contributed by atoms with Crippen molar-refractivity contribution in [1.82, 2.24) is 24.3 Å². The monoisotopic (exact) mass is 358 g/mol. The molecule has 0 aliphatic carbocycles. The van der Waals surface area contributed by atoms with Gasteiger partial charge in [-0.3, -0.25) is 10.1 Å². The van der Waals surface area contributed by atoms with E-state index in [1.165, 1.54) is 9.21 Å². The van der Waals surface area contributed by atoms with Crippen LogP contribution in [-0.4, -0.2) is 104 Å². The fourth-order valence-corrected chi connectivity index (χ4v) is 4.34. The molecule has 10 nitrogen and oxygen atoms in total. The van der Waals surface area contributed by atoms with Crippen molar-refractivity contribution in [2.75, 3.05) is 46.0 Å². The number of hydrogen-bond donors (Lipinski definition) is 1. The normalized spacial score (nSPS) is 28.8. The van der Waals surface area contributed by atoms with Gasteiger partial charge in [-0.2, -0.15) is 4.31 Å². The second-order valence-corrected chi connectivity index (χ2v) is 8.35. The Morgan fingerprint density at radius 3 is 2.33 bits per heavy atom. The molecule has 0 radical (unpaired) electrons. The largest absolute Gasteiger partial charge is 0.340 e. The molecule has 0 saturated carbocycles. The molecule has 24 heavy (non-hydrogen) atoms. The van der Waals surface area contributed by atoms with Crippen molar-refractivity contribution in [2.24, 2.45) is 4.99 Å². The summed E-state index contributed by atoms with van der Waals surface area (Å²) in [4.78, 5) is 33.5. The third-order valence-electron chi connectivity index (χ3n) is 4.76. The average molecular weight is 358 g/mol. The zero-order chi connectivity index (χ0) is 17.6. The Balaban J connectivity index is 1.75. The van der Waals surface area contributed by atoms with Crippen LogP contribution in [0.1, 0.15) is 6.92 Å². The van der Waals surface area contributed by atoms with Crippen LogP contribution in [-0.2, 0) is 14.8 Å². The molecule has 2 atom stereocenters. The highest BCUT2D eigenvalue weighted by Crippen LogP contribution is 2.24. The summed E-state index contributed by atoms with van der Waals surface area (Å²) < 4.78 is 25.4. The van der Waals surface area contributed by atoms with Crippen LogP contribution >= 0.6 is 0 Å². The highest BCUT2D eigenvalue weighted by Gasteiger charge is 2.48. The number of guanidine groups is 1. The SMILES string of the molecule is CCS(=O)(=O)N1CCN(C2=NC3C(C(=O)NC(=O)N3C)N2C)CC1. The predicted molar refractivity (Wildman–Crippen MR) is 86.7 cm³/mol. The Morgan fingerprint density at radius 1 is 1.12 bits per heavy atom. The van der Waals surface area contributed by atoms with Gasteiger partial charge in [0.05, 0.1) is 5.75 Å². The van der Waals surface area contributed by atoms with Gasteiger partial charge in [-0.25, -0.2) is 18.2 Å². The highest BCUT2D eigenvalue weighted by atomic mass is 32.2. The van der Waals surface area contributed by atoms with E-state index in [0.29, 0.717) is 32.1 Å². The van der Waals surface area contributed by atoms with Crippen LogP contribution in [0.5, 0.6) is 0 Å². The van der Waals surface area contributed by atoms with Crippen LogP contribution in [0.3, 0.4) is 0 Å². The molecule has 3 amide bonds. The molecule has 0 spiro atoms. The number of fused-ring (bicyclic) bond motifs is 1. The summed E-state index contributed by atoms with van der Waals surface area (Å²) in [6.45, 7) is 3.41. The number of nitrogens with one attached hydrogen (secondary N) is 1. The zero-order valence-corrected chi connectivity index (χ0v) is 14.8. The van der Waals surface area contributed by atoms with Crippen LogP contribution in [0.2, 0.25) is 0 Å². The Labute approximate surface area is 141 Å². The Morgan fingerprint density at radius 2 is 1.75 bits per heavy atom. The van der Waals surface area contributed by atoms with Gasteiger partial charge in [-0.05, 0) is 6.92 Å². The van der Waals surface area contributed by atoms with Gasteiger partial charge < -0.3 is 14.7 Å². The van der Waals surface area contributed by atoms with Crippen molar-refractivity contribution in [3.63, 3.8) is 0 Å². The van der Waals surface area contributed by atoms with Crippen molar-refractivity contribution in [3.05, 3.63) is 0 Å². The number of sulfonamides is 1. The lowest BCUT2D eigenvalue weighted by atomic mass is 10.1. The van der Waals surface area contributed by atoms with E-state index in [2.05, 4.69) is 10.3 Å². The molecule has 0 aromatic rings. The van der Waals surface area contributed by atoms with E-state index in [-0.39, 0.29) is 11.7 Å². The first kappa shape index (κ1) is 17.0. The smallest absolute Gasteiger partial charge is 0.325 e. The molecule has 2 saturated heterocycles. The number of amides is 3. The summed E-state index contributed by atoms with van der Waals surface area (Å²) >= 11 is 0. The summed E-state index contributed by atoms with van der Waals surface area (Å²) in [6, 6.07) is -1.02. The van der Waals surface area contributed by atoms with Crippen LogP contribution < -0.4 is 5.32 Å². The van der Waals surface area contributed by atoms with Crippen molar-refractivity contribution >= 4 is 27.9 Å². The first-order chi connectivity index (χ1) is 11.3. The third kappa shape index (κ3) is 2.61. The maximum atomic E-state index is 12.1. The van der Waals surface area contributed by atoms with Gasteiger partial charge >= 0.3 is 6.03 Å². The van der Waals surface area contributed by atoms with E-state index in [4.69, 9.17) is 0 Å². The summed E-state index contributed by atoms with van der Waals surface area (Å²) in [5, 5.41) is 2.32. The fourth-order valence-electron chi connectivity index (χ4n) is 3.26. The van der Waals surface area contributed by atoms with Crippen LogP contribution in [0.15, 0.2) is 4.99 Å². The molecular weight excluding hydrogens is 336 g/mol. The number of carbonyl (C=O) groups excluding carboxylic acids is 2. The number of aliphatic imine (C=N–C) groups is 1. The van der Waals surface area contributed by atoms with E-state index >= 15 is 0 Å². The molecule has 2 fully saturated rings. The quantitative estimate of drug-likeness (QED) is 0.620. The van der Waals surface area contributed by atoms with E-state index in [1.807, 2.05) is 4.90 Å². The Hall–Kier alpha value is -1.88. The van der Waals surface area contributed by atoms with E-state index < -0.39 is 28.3 Å². The number of hydrogen-bond acceptors (Lipinski definition) is 7. The maximum Gasteiger partial charge on any atom is 0.325 e. The summed E-state index contributed by atoms with van der Waals surface area (Å²) in [6.07, 6.45) is -0.552. The lowest BCUT2D eigenvalue weighted by Gasteiger charge is -2.38. The first-order valence-corrected chi connectivity index (χ1v) is 9.48. The fraction of sp³-hybridized carbons (Fsp3) is 0.769. The van der Waals surface area contributed by atoms with Crippen LogP contribution in [0, 0.1) is 0 Å². The van der Waals surface area contributed by atoms with E-state index in [0.717, 1.165) is 0 Å². The van der Waals surface area contributed by atoms with Gasteiger partial charge in [-0.1, -0.05) is 0 Å². The van der Waals surface area contributed by atoms with Crippen molar-refractivity contribution in [3.8, 4) is 0 Å². The number of rotatable bonds is 2.